The van der Waals surface area contributed by atoms with Crippen molar-refractivity contribution in [2.24, 2.45) is 4.99 Å². The maximum atomic E-state index is 12.3. The van der Waals surface area contributed by atoms with Crippen LogP contribution in [-0.4, -0.2) is 34.6 Å². The molecule has 1 amide bonds. The van der Waals surface area contributed by atoms with Gasteiger partial charge in [-0.2, -0.15) is 0 Å². The number of ether oxygens (including phenoxy) is 1. The standard InChI is InChI=1S/C21H25N3O3/c1-3-18(25)13-27-21-19-12-22-17(9-16(19)11-23-21)10-20(26)24-14(2)15-7-5-4-6-8-15/h4-9,12,14,18,25H,3,10-11,13H2,1-2H3,(H,24,26)/t14-,18?/m1/s1. The number of carbonyl (C=O) groups excluding carboxylic acids is 1. The Balaban J connectivity index is 1.57. The van der Waals surface area contributed by atoms with E-state index in [1.54, 1.807) is 6.20 Å². The zero-order valence-electron chi connectivity index (χ0n) is 15.7. The molecule has 3 rings (SSSR count). The molecule has 1 unspecified atom stereocenters. The molecule has 2 atom stereocenters. The highest BCUT2D eigenvalue weighted by Crippen LogP contribution is 2.20. The fourth-order valence-electron chi connectivity index (χ4n) is 2.91. The van der Waals surface area contributed by atoms with Crippen molar-refractivity contribution < 1.29 is 14.6 Å². The Bertz CT molecular complexity index is 821. The van der Waals surface area contributed by atoms with E-state index in [9.17, 15) is 9.90 Å². The molecule has 0 saturated heterocycles. The molecule has 1 aliphatic heterocycles. The first kappa shape index (κ1) is 19.0. The monoisotopic (exact) mass is 367 g/mol. The number of aliphatic hydroxyl groups excluding tert-OH is 1. The number of hydrogen-bond donors (Lipinski definition) is 2. The lowest BCUT2D eigenvalue weighted by atomic mass is 10.1. The third-order valence-electron chi connectivity index (χ3n) is 4.57. The van der Waals surface area contributed by atoms with Crippen molar-refractivity contribution in [3.05, 3.63) is 65.0 Å². The van der Waals surface area contributed by atoms with Crippen LogP contribution in [0.5, 0.6) is 0 Å². The molecular formula is C21H25N3O3. The molecule has 1 aromatic heterocycles. The number of aromatic nitrogens is 1. The van der Waals surface area contributed by atoms with Crippen molar-refractivity contribution in [2.75, 3.05) is 6.61 Å². The topological polar surface area (TPSA) is 83.8 Å². The van der Waals surface area contributed by atoms with Crippen molar-refractivity contribution >= 4 is 11.8 Å². The van der Waals surface area contributed by atoms with Crippen LogP contribution in [0.15, 0.2) is 47.6 Å². The summed E-state index contributed by atoms with van der Waals surface area (Å²) in [7, 11) is 0. The van der Waals surface area contributed by atoms with E-state index in [2.05, 4.69) is 15.3 Å². The second-order valence-electron chi connectivity index (χ2n) is 6.70. The maximum absolute atomic E-state index is 12.3. The molecule has 2 heterocycles. The van der Waals surface area contributed by atoms with Gasteiger partial charge < -0.3 is 15.2 Å². The molecule has 6 heteroatoms. The summed E-state index contributed by atoms with van der Waals surface area (Å²) in [6.07, 6.45) is 2.05. The second-order valence-corrected chi connectivity index (χ2v) is 6.70. The molecule has 0 saturated carbocycles. The van der Waals surface area contributed by atoms with Crippen LogP contribution in [0.25, 0.3) is 0 Å². The first-order valence-corrected chi connectivity index (χ1v) is 9.24. The fraction of sp³-hybridized carbons (Fsp3) is 0.381. The third kappa shape index (κ3) is 4.92. The number of aliphatic hydroxyl groups is 1. The van der Waals surface area contributed by atoms with E-state index in [0.29, 0.717) is 24.6 Å². The molecule has 2 aromatic rings. The van der Waals surface area contributed by atoms with Gasteiger partial charge in [0.1, 0.15) is 6.61 Å². The minimum atomic E-state index is -0.501. The van der Waals surface area contributed by atoms with Gasteiger partial charge in [-0.25, -0.2) is 4.99 Å². The van der Waals surface area contributed by atoms with Crippen LogP contribution >= 0.6 is 0 Å². The number of aliphatic imine (C=N–C) groups is 1. The summed E-state index contributed by atoms with van der Waals surface area (Å²) in [6.45, 7) is 4.59. The Morgan fingerprint density at radius 2 is 2.11 bits per heavy atom. The number of benzene rings is 1. The van der Waals surface area contributed by atoms with Crippen LogP contribution < -0.4 is 5.32 Å². The number of nitrogens with one attached hydrogen (secondary N) is 1. The van der Waals surface area contributed by atoms with Crippen LogP contribution in [0.3, 0.4) is 0 Å². The summed E-state index contributed by atoms with van der Waals surface area (Å²) in [5.41, 5.74) is 3.60. The summed E-state index contributed by atoms with van der Waals surface area (Å²) in [6, 6.07) is 11.7. The van der Waals surface area contributed by atoms with Gasteiger partial charge in [0, 0.05) is 6.20 Å². The number of fused-ring (bicyclic) bond motifs is 1. The van der Waals surface area contributed by atoms with Gasteiger partial charge in [-0.05, 0) is 30.5 Å². The van der Waals surface area contributed by atoms with E-state index in [4.69, 9.17) is 4.74 Å². The summed E-state index contributed by atoms with van der Waals surface area (Å²) in [4.78, 5) is 21.1. The summed E-state index contributed by atoms with van der Waals surface area (Å²) in [5.74, 6) is 0.443. The molecule has 142 valence electrons. The highest BCUT2D eigenvalue weighted by molar-refractivity contribution is 5.97. The third-order valence-corrected chi connectivity index (χ3v) is 4.57. The molecule has 1 aliphatic rings. The highest BCUT2D eigenvalue weighted by Gasteiger charge is 2.20. The second kappa shape index (κ2) is 8.77. The van der Waals surface area contributed by atoms with Crippen molar-refractivity contribution in [3.8, 4) is 0 Å². The molecule has 0 fully saturated rings. The molecule has 6 nitrogen and oxygen atoms in total. The van der Waals surface area contributed by atoms with Gasteiger partial charge in [0.2, 0.25) is 11.8 Å². The van der Waals surface area contributed by atoms with E-state index in [1.807, 2.05) is 50.2 Å². The van der Waals surface area contributed by atoms with Crippen LogP contribution in [-0.2, 0) is 22.5 Å². The largest absolute Gasteiger partial charge is 0.475 e. The zero-order chi connectivity index (χ0) is 19.2. The number of nitrogens with zero attached hydrogens (tertiary/aromatic N) is 2. The number of rotatable bonds is 7. The smallest absolute Gasteiger partial charge is 0.226 e. The van der Waals surface area contributed by atoms with Gasteiger partial charge in [0.05, 0.1) is 36.4 Å². The van der Waals surface area contributed by atoms with Gasteiger partial charge in [-0.3, -0.25) is 9.78 Å². The predicted molar refractivity (Wildman–Crippen MR) is 103 cm³/mol. The molecule has 2 N–H and O–H groups in total. The number of pyridine rings is 1. The summed E-state index contributed by atoms with van der Waals surface area (Å²) >= 11 is 0. The quantitative estimate of drug-likeness (QED) is 0.788. The SMILES string of the molecule is CCC(O)COC1=NCc2cc(CC(=O)N[C@H](C)c3ccccc3)ncc21. The van der Waals surface area contributed by atoms with Crippen molar-refractivity contribution in [3.63, 3.8) is 0 Å². The Kier molecular flexibility index (Phi) is 6.19. The number of hydrogen-bond acceptors (Lipinski definition) is 5. The summed E-state index contributed by atoms with van der Waals surface area (Å²) in [5, 5.41) is 12.6. The van der Waals surface area contributed by atoms with Crippen molar-refractivity contribution in [1.82, 2.24) is 10.3 Å². The van der Waals surface area contributed by atoms with Crippen LogP contribution in [0, 0.1) is 0 Å². The molecule has 0 aliphatic carbocycles. The Labute approximate surface area is 159 Å². The zero-order valence-corrected chi connectivity index (χ0v) is 15.7. The first-order valence-electron chi connectivity index (χ1n) is 9.24. The van der Waals surface area contributed by atoms with Crippen molar-refractivity contribution in [2.45, 2.75) is 45.4 Å². The summed E-state index contributed by atoms with van der Waals surface area (Å²) < 4.78 is 5.59. The van der Waals surface area contributed by atoms with E-state index in [0.717, 1.165) is 16.7 Å². The van der Waals surface area contributed by atoms with E-state index in [-0.39, 0.29) is 25.0 Å². The van der Waals surface area contributed by atoms with Crippen LogP contribution in [0.2, 0.25) is 0 Å². The lowest BCUT2D eigenvalue weighted by molar-refractivity contribution is -0.121. The average molecular weight is 367 g/mol. The van der Waals surface area contributed by atoms with Crippen molar-refractivity contribution in [1.29, 1.82) is 0 Å². The predicted octanol–water partition coefficient (Wildman–Crippen LogP) is 2.55. The fourth-order valence-corrected chi connectivity index (χ4v) is 2.91. The minimum Gasteiger partial charge on any atom is -0.475 e. The van der Waals surface area contributed by atoms with Crippen LogP contribution in [0.1, 0.15) is 48.7 Å². The number of amides is 1. The lowest BCUT2D eigenvalue weighted by Gasteiger charge is -2.14. The maximum Gasteiger partial charge on any atom is 0.226 e. The van der Waals surface area contributed by atoms with E-state index < -0.39 is 6.10 Å². The van der Waals surface area contributed by atoms with E-state index >= 15 is 0 Å². The molecule has 1 aromatic carbocycles. The average Bonchev–Trinajstić information content (AvgIpc) is 3.08. The minimum absolute atomic E-state index is 0.0542. The van der Waals surface area contributed by atoms with Gasteiger partial charge in [0.25, 0.3) is 0 Å². The highest BCUT2D eigenvalue weighted by atomic mass is 16.5. The molecule has 27 heavy (non-hydrogen) atoms. The van der Waals surface area contributed by atoms with E-state index in [1.165, 1.54) is 0 Å². The first-order chi connectivity index (χ1) is 13.1. The lowest BCUT2D eigenvalue weighted by Crippen LogP contribution is -2.28. The number of carbonyl (C=O) groups is 1. The van der Waals surface area contributed by atoms with Gasteiger partial charge >= 0.3 is 0 Å². The Morgan fingerprint density at radius 3 is 2.85 bits per heavy atom. The molecule has 0 bridgehead atoms. The van der Waals surface area contributed by atoms with Gasteiger partial charge in [-0.1, -0.05) is 37.3 Å². The molecule has 0 radical (unpaired) electrons. The normalized spacial score (nSPS) is 14.9. The molecular weight excluding hydrogens is 342 g/mol. The Hall–Kier alpha value is -2.73. The van der Waals surface area contributed by atoms with Gasteiger partial charge in [0.15, 0.2) is 0 Å². The van der Waals surface area contributed by atoms with Crippen LogP contribution in [0.4, 0.5) is 0 Å². The van der Waals surface area contributed by atoms with Gasteiger partial charge in [-0.15, -0.1) is 0 Å². The molecule has 0 spiro atoms. The Morgan fingerprint density at radius 1 is 1.33 bits per heavy atom.